The molecule has 0 saturated heterocycles. The lowest BCUT2D eigenvalue weighted by Gasteiger charge is -2.12. The molecule has 2 aromatic rings. The Hall–Kier alpha value is -1.27. The van der Waals surface area contributed by atoms with Crippen molar-refractivity contribution in [3.8, 4) is 0 Å². The lowest BCUT2D eigenvalue weighted by Crippen LogP contribution is -2.13. The summed E-state index contributed by atoms with van der Waals surface area (Å²) in [6.45, 7) is 0. The fourth-order valence-corrected chi connectivity index (χ4v) is 1.89. The van der Waals surface area contributed by atoms with Crippen molar-refractivity contribution < 1.29 is 17.6 Å². The first-order chi connectivity index (χ1) is 8.38. The van der Waals surface area contributed by atoms with E-state index in [1.54, 1.807) is 12.1 Å². The van der Waals surface area contributed by atoms with Crippen LogP contribution in [0.15, 0.2) is 45.5 Å². The van der Waals surface area contributed by atoms with Crippen LogP contribution in [0.3, 0.4) is 0 Å². The predicted octanol–water partition coefficient (Wildman–Crippen LogP) is 4.11. The average Bonchev–Trinajstić information content (AvgIpc) is 2.74. The molecule has 0 fully saturated rings. The van der Waals surface area contributed by atoms with Crippen molar-refractivity contribution in [1.82, 2.24) is 0 Å². The molecule has 0 aliphatic carbocycles. The molecule has 18 heavy (non-hydrogen) atoms. The summed E-state index contributed by atoms with van der Waals surface area (Å²) in [5.41, 5.74) is 5.49. The van der Waals surface area contributed by atoms with Crippen LogP contribution in [0.2, 0.25) is 0 Å². The number of rotatable bonds is 2. The van der Waals surface area contributed by atoms with Gasteiger partial charge in [-0.05, 0) is 45.8 Å². The first-order valence-electron chi connectivity index (χ1n) is 5.06. The Morgan fingerprint density at radius 1 is 1.17 bits per heavy atom. The monoisotopic (exact) mass is 319 g/mol. The third-order valence-electron chi connectivity index (χ3n) is 2.47. The van der Waals surface area contributed by atoms with E-state index in [-0.39, 0.29) is 0 Å². The summed E-state index contributed by atoms with van der Waals surface area (Å²) in [6.07, 6.45) is -4.38. The smallest absolute Gasteiger partial charge is 0.416 e. The number of hydrogen-bond donors (Lipinski definition) is 1. The highest BCUT2D eigenvalue weighted by Crippen LogP contribution is 2.32. The second kappa shape index (κ2) is 4.78. The van der Waals surface area contributed by atoms with E-state index in [4.69, 9.17) is 10.2 Å². The van der Waals surface area contributed by atoms with Gasteiger partial charge in [-0.15, -0.1) is 0 Å². The van der Waals surface area contributed by atoms with Crippen LogP contribution in [0.25, 0.3) is 0 Å². The van der Waals surface area contributed by atoms with Gasteiger partial charge in [-0.3, -0.25) is 0 Å². The first-order valence-corrected chi connectivity index (χ1v) is 5.85. The zero-order chi connectivity index (χ0) is 13.3. The molecule has 1 aromatic heterocycles. The van der Waals surface area contributed by atoms with Crippen LogP contribution in [0, 0.1) is 0 Å². The van der Waals surface area contributed by atoms with E-state index in [1.807, 2.05) is 0 Å². The Morgan fingerprint density at radius 3 is 2.44 bits per heavy atom. The number of furan rings is 1. The molecule has 96 valence electrons. The van der Waals surface area contributed by atoms with Gasteiger partial charge in [-0.25, -0.2) is 0 Å². The van der Waals surface area contributed by atoms with E-state index < -0.39 is 17.8 Å². The van der Waals surface area contributed by atoms with Crippen LogP contribution < -0.4 is 5.73 Å². The maximum atomic E-state index is 12.6. The van der Waals surface area contributed by atoms with Crippen LogP contribution in [0.4, 0.5) is 13.2 Å². The molecule has 0 saturated carbocycles. The summed E-state index contributed by atoms with van der Waals surface area (Å²) in [4.78, 5) is 0. The van der Waals surface area contributed by atoms with Crippen LogP contribution in [0.1, 0.15) is 22.9 Å². The standard InChI is InChI=1S/C12H9BrF3NO/c13-10-5-4-9(18-10)11(17)7-2-1-3-8(6-7)12(14,15)16/h1-6,11H,17H2. The SMILES string of the molecule is NC(c1cccc(C(F)(F)F)c1)c1ccc(Br)o1. The van der Waals surface area contributed by atoms with E-state index in [0.29, 0.717) is 16.0 Å². The lowest BCUT2D eigenvalue weighted by atomic mass is 10.0. The molecule has 1 atom stereocenters. The molecular weight excluding hydrogens is 311 g/mol. The van der Waals surface area contributed by atoms with Crippen molar-refractivity contribution in [1.29, 1.82) is 0 Å². The number of halogens is 4. The summed E-state index contributed by atoms with van der Waals surface area (Å²) in [7, 11) is 0. The molecule has 0 aliphatic rings. The minimum atomic E-state index is -4.38. The zero-order valence-electron chi connectivity index (χ0n) is 9.04. The molecule has 0 spiro atoms. The molecule has 6 heteroatoms. The van der Waals surface area contributed by atoms with E-state index in [1.165, 1.54) is 12.1 Å². The minimum Gasteiger partial charge on any atom is -0.452 e. The molecule has 2 N–H and O–H groups in total. The molecule has 0 bridgehead atoms. The van der Waals surface area contributed by atoms with Crippen molar-refractivity contribution in [3.63, 3.8) is 0 Å². The second-order valence-corrected chi connectivity index (χ2v) is 4.52. The zero-order valence-corrected chi connectivity index (χ0v) is 10.6. The predicted molar refractivity (Wildman–Crippen MR) is 63.9 cm³/mol. The summed E-state index contributed by atoms with van der Waals surface area (Å²) in [5.74, 6) is 0.404. The summed E-state index contributed by atoms with van der Waals surface area (Å²) in [5, 5.41) is 0. The number of nitrogens with two attached hydrogens (primary N) is 1. The van der Waals surface area contributed by atoms with E-state index in [9.17, 15) is 13.2 Å². The fraction of sp³-hybridized carbons (Fsp3) is 0.167. The lowest BCUT2D eigenvalue weighted by molar-refractivity contribution is -0.137. The summed E-state index contributed by atoms with van der Waals surface area (Å²) >= 11 is 3.12. The molecule has 1 unspecified atom stereocenters. The average molecular weight is 320 g/mol. The maximum Gasteiger partial charge on any atom is 0.416 e. The Labute approximate surface area is 110 Å². The van der Waals surface area contributed by atoms with Gasteiger partial charge in [0, 0.05) is 0 Å². The highest BCUT2D eigenvalue weighted by molar-refractivity contribution is 9.10. The van der Waals surface area contributed by atoms with Crippen molar-refractivity contribution in [2.24, 2.45) is 5.73 Å². The molecule has 2 rings (SSSR count). The van der Waals surface area contributed by atoms with Crippen LogP contribution >= 0.6 is 15.9 Å². The van der Waals surface area contributed by atoms with Gasteiger partial charge in [-0.1, -0.05) is 12.1 Å². The van der Waals surface area contributed by atoms with Gasteiger partial charge in [0.15, 0.2) is 4.67 Å². The topological polar surface area (TPSA) is 39.2 Å². The summed E-state index contributed by atoms with van der Waals surface area (Å²) < 4.78 is 43.4. The molecule has 0 amide bonds. The van der Waals surface area contributed by atoms with Crippen LogP contribution in [0.5, 0.6) is 0 Å². The van der Waals surface area contributed by atoms with Crippen molar-refractivity contribution >= 4 is 15.9 Å². The van der Waals surface area contributed by atoms with Gasteiger partial charge in [0.25, 0.3) is 0 Å². The Kier molecular flexibility index (Phi) is 3.49. The van der Waals surface area contributed by atoms with Gasteiger partial charge in [0.1, 0.15) is 5.76 Å². The maximum absolute atomic E-state index is 12.6. The fourth-order valence-electron chi connectivity index (χ4n) is 1.57. The van der Waals surface area contributed by atoms with Gasteiger partial charge in [0.05, 0.1) is 11.6 Å². The second-order valence-electron chi connectivity index (χ2n) is 3.74. The van der Waals surface area contributed by atoms with Gasteiger partial charge in [-0.2, -0.15) is 13.2 Å². The number of hydrogen-bond acceptors (Lipinski definition) is 2. The highest BCUT2D eigenvalue weighted by atomic mass is 79.9. The normalized spacial score (nSPS) is 13.6. The number of alkyl halides is 3. The van der Waals surface area contributed by atoms with Crippen molar-refractivity contribution in [2.45, 2.75) is 12.2 Å². The Morgan fingerprint density at radius 2 is 1.89 bits per heavy atom. The molecule has 0 aliphatic heterocycles. The minimum absolute atomic E-state index is 0.353. The van der Waals surface area contributed by atoms with Crippen molar-refractivity contribution in [3.05, 3.63) is 58.0 Å². The van der Waals surface area contributed by atoms with Crippen molar-refractivity contribution in [2.75, 3.05) is 0 Å². The van der Waals surface area contributed by atoms with Crippen LogP contribution in [-0.2, 0) is 6.18 Å². The van der Waals surface area contributed by atoms with E-state index in [2.05, 4.69) is 15.9 Å². The van der Waals surface area contributed by atoms with Crippen LogP contribution in [-0.4, -0.2) is 0 Å². The molecule has 0 radical (unpaired) electrons. The molecule has 1 heterocycles. The Balaban J connectivity index is 2.34. The highest BCUT2D eigenvalue weighted by Gasteiger charge is 2.31. The van der Waals surface area contributed by atoms with Gasteiger partial charge < -0.3 is 10.2 Å². The molecule has 2 nitrogen and oxygen atoms in total. The van der Waals surface area contributed by atoms with E-state index in [0.717, 1.165) is 12.1 Å². The third kappa shape index (κ3) is 2.76. The quantitative estimate of drug-likeness (QED) is 0.904. The van der Waals surface area contributed by atoms with Gasteiger partial charge >= 0.3 is 6.18 Å². The largest absolute Gasteiger partial charge is 0.452 e. The van der Waals surface area contributed by atoms with E-state index >= 15 is 0 Å². The molecular formula is C12H9BrF3NO. The third-order valence-corrected chi connectivity index (χ3v) is 2.90. The molecule has 1 aromatic carbocycles. The Bertz CT molecular complexity index is 550. The summed E-state index contributed by atoms with van der Waals surface area (Å²) in [6, 6.07) is 7.44. The number of benzene rings is 1. The van der Waals surface area contributed by atoms with Gasteiger partial charge in [0.2, 0.25) is 0 Å². The first kappa shape index (κ1) is 13.2.